The Labute approximate surface area is 84.5 Å². The molecule has 3 nitrogen and oxygen atoms in total. The smallest absolute Gasteiger partial charge is 0.0948 e. The molecule has 1 saturated carbocycles. The quantitative estimate of drug-likeness (QED) is 0.782. The van der Waals surface area contributed by atoms with Crippen LogP contribution < -0.4 is 5.32 Å². The Bertz CT molecular complexity index is 308. The van der Waals surface area contributed by atoms with Gasteiger partial charge in [-0.1, -0.05) is 0 Å². The van der Waals surface area contributed by atoms with E-state index in [-0.39, 0.29) is 0 Å². The predicted molar refractivity (Wildman–Crippen MR) is 55.2 cm³/mol. The topological polar surface area (TPSA) is 29.9 Å². The molecule has 1 aliphatic carbocycles. The van der Waals surface area contributed by atoms with Crippen molar-refractivity contribution in [1.82, 2.24) is 14.9 Å². The molecule has 14 heavy (non-hydrogen) atoms. The van der Waals surface area contributed by atoms with E-state index in [1.807, 2.05) is 6.33 Å². The number of imidazole rings is 1. The van der Waals surface area contributed by atoms with Crippen molar-refractivity contribution in [3.05, 3.63) is 18.2 Å². The van der Waals surface area contributed by atoms with Crippen LogP contribution in [-0.2, 0) is 6.54 Å². The zero-order valence-electron chi connectivity index (χ0n) is 8.45. The van der Waals surface area contributed by atoms with Crippen LogP contribution in [0.4, 0.5) is 0 Å². The van der Waals surface area contributed by atoms with Crippen LogP contribution in [0.3, 0.4) is 0 Å². The van der Waals surface area contributed by atoms with Gasteiger partial charge in [0, 0.05) is 24.4 Å². The van der Waals surface area contributed by atoms with Gasteiger partial charge in [0.05, 0.1) is 6.33 Å². The Morgan fingerprint density at radius 2 is 2.36 bits per heavy atom. The summed E-state index contributed by atoms with van der Waals surface area (Å²) in [6, 6.07) is 0. The van der Waals surface area contributed by atoms with Crippen molar-refractivity contribution in [2.24, 2.45) is 5.92 Å². The fourth-order valence-electron chi connectivity index (χ4n) is 2.35. The van der Waals surface area contributed by atoms with Gasteiger partial charge in [0.15, 0.2) is 0 Å². The number of aromatic nitrogens is 2. The molecule has 0 amide bonds. The van der Waals surface area contributed by atoms with Gasteiger partial charge in [-0.2, -0.15) is 0 Å². The standard InChI is InChI=1S/C11H17N3/c1-2-10(1)11-6-13-8-14(11)7-9-3-4-12-5-9/h6,8-10,12H,1-5,7H2. The van der Waals surface area contributed by atoms with E-state index in [2.05, 4.69) is 21.1 Å². The summed E-state index contributed by atoms with van der Waals surface area (Å²) in [5.41, 5.74) is 1.47. The van der Waals surface area contributed by atoms with Crippen LogP contribution in [0, 0.1) is 5.92 Å². The lowest BCUT2D eigenvalue weighted by Crippen LogP contribution is -2.15. The first kappa shape index (κ1) is 8.48. The number of hydrogen-bond acceptors (Lipinski definition) is 2. The highest BCUT2D eigenvalue weighted by Gasteiger charge is 2.27. The maximum Gasteiger partial charge on any atom is 0.0948 e. The van der Waals surface area contributed by atoms with Gasteiger partial charge >= 0.3 is 0 Å². The highest BCUT2D eigenvalue weighted by molar-refractivity contribution is 5.12. The molecule has 1 aromatic heterocycles. The molecule has 1 aromatic rings. The first-order valence-electron chi connectivity index (χ1n) is 5.64. The molecular weight excluding hydrogens is 174 g/mol. The van der Waals surface area contributed by atoms with Crippen LogP contribution in [-0.4, -0.2) is 22.6 Å². The maximum atomic E-state index is 4.27. The van der Waals surface area contributed by atoms with Gasteiger partial charge in [-0.3, -0.25) is 0 Å². The van der Waals surface area contributed by atoms with Crippen molar-refractivity contribution < 1.29 is 0 Å². The van der Waals surface area contributed by atoms with E-state index in [9.17, 15) is 0 Å². The van der Waals surface area contributed by atoms with Gasteiger partial charge in [-0.25, -0.2) is 4.98 Å². The number of nitrogens with zero attached hydrogens (tertiary/aromatic N) is 2. The van der Waals surface area contributed by atoms with Crippen molar-refractivity contribution in [1.29, 1.82) is 0 Å². The number of hydrogen-bond donors (Lipinski definition) is 1. The lowest BCUT2D eigenvalue weighted by atomic mass is 10.1. The van der Waals surface area contributed by atoms with Crippen molar-refractivity contribution in [3.8, 4) is 0 Å². The van der Waals surface area contributed by atoms with E-state index in [1.165, 1.54) is 44.6 Å². The van der Waals surface area contributed by atoms with E-state index in [4.69, 9.17) is 0 Å². The Morgan fingerprint density at radius 1 is 1.43 bits per heavy atom. The van der Waals surface area contributed by atoms with Crippen molar-refractivity contribution in [3.63, 3.8) is 0 Å². The van der Waals surface area contributed by atoms with Crippen LogP contribution in [0.2, 0.25) is 0 Å². The third-order valence-electron chi connectivity index (χ3n) is 3.36. The molecule has 1 aliphatic heterocycles. The van der Waals surface area contributed by atoms with Crippen LogP contribution in [0.1, 0.15) is 30.9 Å². The Balaban J connectivity index is 1.71. The average molecular weight is 191 g/mol. The lowest BCUT2D eigenvalue weighted by molar-refractivity contribution is 0.471. The molecule has 1 atom stereocenters. The van der Waals surface area contributed by atoms with Gasteiger partial charge in [0.1, 0.15) is 0 Å². The van der Waals surface area contributed by atoms with Gasteiger partial charge in [-0.15, -0.1) is 0 Å². The summed E-state index contributed by atoms with van der Waals surface area (Å²) in [5, 5.41) is 3.42. The monoisotopic (exact) mass is 191 g/mol. The largest absolute Gasteiger partial charge is 0.334 e. The van der Waals surface area contributed by atoms with E-state index >= 15 is 0 Å². The molecule has 2 fully saturated rings. The van der Waals surface area contributed by atoms with Crippen molar-refractivity contribution in [2.75, 3.05) is 13.1 Å². The van der Waals surface area contributed by atoms with Crippen LogP contribution in [0.5, 0.6) is 0 Å². The molecule has 1 unspecified atom stereocenters. The van der Waals surface area contributed by atoms with Gasteiger partial charge < -0.3 is 9.88 Å². The summed E-state index contributed by atoms with van der Waals surface area (Å²) in [7, 11) is 0. The summed E-state index contributed by atoms with van der Waals surface area (Å²) in [4.78, 5) is 4.27. The van der Waals surface area contributed by atoms with Crippen LogP contribution in [0.25, 0.3) is 0 Å². The van der Waals surface area contributed by atoms with E-state index in [1.54, 1.807) is 0 Å². The Morgan fingerprint density at radius 3 is 3.07 bits per heavy atom. The third kappa shape index (κ3) is 1.57. The number of nitrogens with one attached hydrogen (secondary N) is 1. The molecule has 1 saturated heterocycles. The lowest BCUT2D eigenvalue weighted by Gasteiger charge is -2.11. The summed E-state index contributed by atoms with van der Waals surface area (Å²) >= 11 is 0. The molecule has 2 aliphatic rings. The molecule has 3 rings (SSSR count). The van der Waals surface area contributed by atoms with Crippen LogP contribution in [0.15, 0.2) is 12.5 Å². The first-order valence-corrected chi connectivity index (χ1v) is 5.64. The zero-order chi connectivity index (χ0) is 9.38. The molecule has 1 N–H and O–H groups in total. The summed E-state index contributed by atoms with van der Waals surface area (Å²) in [6.07, 6.45) is 8.12. The number of rotatable bonds is 3. The molecule has 76 valence electrons. The van der Waals surface area contributed by atoms with E-state index in [0.717, 1.165) is 11.8 Å². The van der Waals surface area contributed by atoms with Gasteiger partial charge in [-0.05, 0) is 38.3 Å². The molecule has 0 spiro atoms. The average Bonchev–Trinajstić information content (AvgIpc) is 2.74. The van der Waals surface area contributed by atoms with E-state index < -0.39 is 0 Å². The Hall–Kier alpha value is -0.830. The minimum Gasteiger partial charge on any atom is -0.334 e. The van der Waals surface area contributed by atoms with Gasteiger partial charge in [0.2, 0.25) is 0 Å². The second-order valence-electron chi connectivity index (χ2n) is 4.60. The van der Waals surface area contributed by atoms with Crippen molar-refractivity contribution in [2.45, 2.75) is 31.7 Å². The molecule has 0 aromatic carbocycles. The first-order chi connectivity index (χ1) is 6.93. The highest BCUT2D eigenvalue weighted by atomic mass is 15.1. The van der Waals surface area contributed by atoms with Gasteiger partial charge in [0.25, 0.3) is 0 Å². The zero-order valence-corrected chi connectivity index (χ0v) is 8.45. The fourth-order valence-corrected chi connectivity index (χ4v) is 2.35. The minimum atomic E-state index is 0.821. The predicted octanol–water partition coefficient (Wildman–Crippen LogP) is 1.37. The summed E-state index contributed by atoms with van der Waals surface area (Å²) in [5.74, 6) is 1.65. The SMILES string of the molecule is c1ncn(CC2CCNC2)c1C1CC1. The summed E-state index contributed by atoms with van der Waals surface area (Å²) < 4.78 is 2.37. The second kappa shape index (κ2) is 3.39. The van der Waals surface area contributed by atoms with Crippen LogP contribution >= 0.6 is 0 Å². The molecule has 2 heterocycles. The molecular formula is C11H17N3. The molecule has 3 heteroatoms. The van der Waals surface area contributed by atoms with Crippen molar-refractivity contribution >= 4 is 0 Å². The van der Waals surface area contributed by atoms with E-state index in [0.29, 0.717) is 0 Å². The molecule has 0 bridgehead atoms. The molecule has 0 radical (unpaired) electrons. The second-order valence-corrected chi connectivity index (χ2v) is 4.60. The third-order valence-corrected chi connectivity index (χ3v) is 3.36. The summed E-state index contributed by atoms with van der Waals surface area (Å²) in [6.45, 7) is 3.54. The highest BCUT2D eigenvalue weighted by Crippen LogP contribution is 2.39. The maximum absolute atomic E-state index is 4.27. The Kier molecular flexibility index (Phi) is 2.05. The fraction of sp³-hybridized carbons (Fsp3) is 0.727. The normalized spacial score (nSPS) is 27.0. The minimum absolute atomic E-state index is 0.821.